The minimum atomic E-state index is 0.418. The highest BCUT2D eigenvalue weighted by Crippen LogP contribution is 2.31. The van der Waals surface area contributed by atoms with Crippen molar-refractivity contribution in [2.45, 2.75) is 38.6 Å². The van der Waals surface area contributed by atoms with Gasteiger partial charge in [0, 0.05) is 33.5 Å². The van der Waals surface area contributed by atoms with E-state index in [2.05, 4.69) is 39.2 Å². The number of nitrogens with one attached hydrogen (secondary N) is 1. The van der Waals surface area contributed by atoms with Crippen LogP contribution in [0.25, 0.3) is 11.4 Å². The summed E-state index contributed by atoms with van der Waals surface area (Å²) in [5.41, 5.74) is 3.55. The number of rotatable bonds is 4. The number of hydrogen-bond donors (Lipinski definition) is 1. The van der Waals surface area contributed by atoms with Crippen molar-refractivity contribution in [1.29, 1.82) is 0 Å². The molecule has 1 atom stereocenters. The summed E-state index contributed by atoms with van der Waals surface area (Å²) in [6.45, 7) is 3.25. The molecule has 0 amide bonds. The van der Waals surface area contributed by atoms with Gasteiger partial charge in [0.05, 0.1) is 0 Å². The lowest BCUT2D eigenvalue weighted by molar-refractivity contribution is 0.454. The highest BCUT2D eigenvalue weighted by Gasteiger charge is 2.22. The molecule has 3 rings (SSSR count). The van der Waals surface area contributed by atoms with E-state index in [0.717, 1.165) is 35.2 Å². The molecule has 1 heterocycles. The van der Waals surface area contributed by atoms with E-state index in [1.54, 1.807) is 0 Å². The third-order valence-electron chi connectivity index (χ3n) is 3.94. The standard InChI is InChI=1S/C17H20BrN3/c1-2-10-19-15-8-5-9-16-13(15)11-20-17(21-16)12-6-3-4-7-14(12)18/h3-4,6-7,11,15,19H,2,5,8-10H2,1H3. The van der Waals surface area contributed by atoms with Crippen molar-refractivity contribution in [3.05, 3.63) is 46.2 Å². The fraction of sp³-hybridized carbons (Fsp3) is 0.412. The Hall–Kier alpha value is -1.26. The maximum Gasteiger partial charge on any atom is 0.160 e. The third-order valence-corrected chi connectivity index (χ3v) is 4.63. The van der Waals surface area contributed by atoms with Crippen LogP contribution in [0.5, 0.6) is 0 Å². The van der Waals surface area contributed by atoms with Gasteiger partial charge in [0.25, 0.3) is 0 Å². The Kier molecular flexibility index (Phi) is 4.66. The summed E-state index contributed by atoms with van der Waals surface area (Å²) >= 11 is 3.58. The Morgan fingerprint density at radius 3 is 3.00 bits per heavy atom. The molecule has 0 saturated carbocycles. The normalized spacial score (nSPS) is 17.5. The highest BCUT2D eigenvalue weighted by atomic mass is 79.9. The zero-order valence-corrected chi connectivity index (χ0v) is 13.9. The lowest BCUT2D eigenvalue weighted by Crippen LogP contribution is -2.26. The lowest BCUT2D eigenvalue weighted by atomic mass is 9.92. The summed E-state index contributed by atoms with van der Waals surface area (Å²) in [4.78, 5) is 9.42. The molecule has 0 saturated heterocycles. The molecule has 2 aromatic rings. The van der Waals surface area contributed by atoms with Gasteiger partial charge in [-0.15, -0.1) is 0 Å². The van der Waals surface area contributed by atoms with Crippen LogP contribution in [0.4, 0.5) is 0 Å². The van der Waals surface area contributed by atoms with Crippen LogP contribution < -0.4 is 5.32 Å². The van der Waals surface area contributed by atoms with Crippen molar-refractivity contribution in [2.24, 2.45) is 0 Å². The molecule has 1 aromatic carbocycles. The summed E-state index contributed by atoms with van der Waals surface area (Å²) in [5.74, 6) is 0.817. The number of benzene rings is 1. The minimum Gasteiger partial charge on any atom is -0.310 e. The monoisotopic (exact) mass is 345 g/mol. The van der Waals surface area contributed by atoms with Crippen molar-refractivity contribution in [2.75, 3.05) is 6.54 Å². The Morgan fingerprint density at radius 2 is 2.19 bits per heavy atom. The molecular formula is C17H20BrN3. The van der Waals surface area contributed by atoms with Crippen LogP contribution in [0, 0.1) is 0 Å². The quantitative estimate of drug-likeness (QED) is 0.898. The second-order valence-corrected chi connectivity index (χ2v) is 6.33. The van der Waals surface area contributed by atoms with Crippen molar-refractivity contribution >= 4 is 15.9 Å². The molecule has 0 radical (unpaired) electrons. The van der Waals surface area contributed by atoms with Gasteiger partial charge < -0.3 is 5.32 Å². The summed E-state index contributed by atoms with van der Waals surface area (Å²) in [5, 5.41) is 3.61. The van der Waals surface area contributed by atoms with Crippen molar-refractivity contribution in [3.63, 3.8) is 0 Å². The van der Waals surface area contributed by atoms with Crippen LogP contribution in [0.15, 0.2) is 34.9 Å². The van der Waals surface area contributed by atoms with Crippen molar-refractivity contribution < 1.29 is 0 Å². The van der Waals surface area contributed by atoms with E-state index in [4.69, 9.17) is 4.98 Å². The third kappa shape index (κ3) is 3.16. The van der Waals surface area contributed by atoms with E-state index in [1.807, 2.05) is 24.4 Å². The molecule has 1 aromatic heterocycles. The zero-order valence-electron chi connectivity index (χ0n) is 12.3. The first-order valence-electron chi connectivity index (χ1n) is 7.63. The van der Waals surface area contributed by atoms with E-state index < -0.39 is 0 Å². The summed E-state index contributed by atoms with van der Waals surface area (Å²) in [6.07, 6.45) is 6.61. The smallest absolute Gasteiger partial charge is 0.160 e. The number of hydrogen-bond acceptors (Lipinski definition) is 3. The fourth-order valence-electron chi connectivity index (χ4n) is 2.85. The van der Waals surface area contributed by atoms with Crippen molar-refractivity contribution in [3.8, 4) is 11.4 Å². The van der Waals surface area contributed by atoms with Gasteiger partial charge >= 0.3 is 0 Å². The maximum atomic E-state index is 4.82. The van der Waals surface area contributed by atoms with E-state index in [1.165, 1.54) is 24.1 Å². The largest absolute Gasteiger partial charge is 0.310 e. The Labute approximate surface area is 134 Å². The van der Waals surface area contributed by atoms with Crippen molar-refractivity contribution in [1.82, 2.24) is 15.3 Å². The highest BCUT2D eigenvalue weighted by molar-refractivity contribution is 9.10. The predicted octanol–water partition coefficient (Wildman–Crippen LogP) is 4.28. The molecule has 1 unspecified atom stereocenters. The first kappa shape index (κ1) is 14.7. The number of nitrogens with zero attached hydrogens (tertiary/aromatic N) is 2. The number of aryl methyl sites for hydroxylation is 1. The number of fused-ring (bicyclic) bond motifs is 1. The molecule has 3 nitrogen and oxygen atoms in total. The molecule has 0 aliphatic heterocycles. The van der Waals surface area contributed by atoms with Crippen LogP contribution in [-0.2, 0) is 6.42 Å². The van der Waals surface area contributed by atoms with E-state index in [9.17, 15) is 0 Å². The Balaban J connectivity index is 1.93. The fourth-order valence-corrected chi connectivity index (χ4v) is 3.31. The topological polar surface area (TPSA) is 37.8 Å². The summed E-state index contributed by atoms with van der Waals surface area (Å²) < 4.78 is 1.04. The van der Waals surface area contributed by atoms with Gasteiger partial charge in [0.15, 0.2) is 5.82 Å². The number of aromatic nitrogens is 2. The second kappa shape index (κ2) is 6.67. The molecule has 110 valence electrons. The minimum absolute atomic E-state index is 0.418. The summed E-state index contributed by atoms with van der Waals surface area (Å²) in [7, 11) is 0. The maximum absolute atomic E-state index is 4.82. The first-order chi connectivity index (χ1) is 10.3. The molecule has 21 heavy (non-hydrogen) atoms. The zero-order chi connectivity index (χ0) is 14.7. The van der Waals surface area contributed by atoms with E-state index in [-0.39, 0.29) is 0 Å². The van der Waals surface area contributed by atoms with Crippen LogP contribution in [-0.4, -0.2) is 16.5 Å². The van der Waals surface area contributed by atoms with Gasteiger partial charge in [-0.3, -0.25) is 0 Å². The molecular weight excluding hydrogens is 326 g/mol. The molecule has 4 heteroatoms. The van der Waals surface area contributed by atoms with Gasteiger partial charge in [-0.2, -0.15) is 0 Å². The lowest BCUT2D eigenvalue weighted by Gasteiger charge is -2.25. The first-order valence-corrected chi connectivity index (χ1v) is 8.43. The molecule has 0 spiro atoms. The molecule has 1 aliphatic carbocycles. The Bertz CT molecular complexity index is 627. The van der Waals surface area contributed by atoms with Crippen LogP contribution in [0.2, 0.25) is 0 Å². The van der Waals surface area contributed by atoms with E-state index in [0.29, 0.717) is 6.04 Å². The molecule has 0 bridgehead atoms. The predicted molar refractivity (Wildman–Crippen MR) is 89.1 cm³/mol. The summed E-state index contributed by atoms with van der Waals surface area (Å²) in [6, 6.07) is 8.54. The van der Waals surface area contributed by atoms with Crippen LogP contribution in [0.3, 0.4) is 0 Å². The average Bonchev–Trinajstić information content (AvgIpc) is 2.52. The van der Waals surface area contributed by atoms with Crippen LogP contribution >= 0.6 is 15.9 Å². The van der Waals surface area contributed by atoms with Gasteiger partial charge in [-0.1, -0.05) is 41.1 Å². The SMILES string of the molecule is CCCNC1CCCc2nc(-c3ccccc3Br)ncc21. The number of halogens is 1. The second-order valence-electron chi connectivity index (χ2n) is 5.47. The molecule has 0 fully saturated rings. The van der Waals surface area contributed by atoms with E-state index >= 15 is 0 Å². The molecule has 1 N–H and O–H groups in total. The van der Waals surface area contributed by atoms with Gasteiger partial charge in [-0.05, 0) is 38.3 Å². The molecule has 1 aliphatic rings. The van der Waals surface area contributed by atoms with Gasteiger partial charge in [0.2, 0.25) is 0 Å². The van der Waals surface area contributed by atoms with Gasteiger partial charge in [0.1, 0.15) is 0 Å². The Morgan fingerprint density at radius 1 is 1.33 bits per heavy atom. The average molecular weight is 346 g/mol. The van der Waals surface area contributed by atoms with Crippen LogP contribution in [0.1, 0.15) is 43.5 Å². The van der Waals surface area contributed by atoms with Gasteiger partial charge in [-0.25, -0.2) is 9.97 Å².